The summed E-state index contributed by atoms with van der Waals surface area (Å²) in [6.45, 7) is 5.34. The Kier molecular flexibility index (Phi) is 5.18. The highest BCUT2D eigenvalue weighted by molar-refractivity contribution is 7.13. The van der Waals surface area contributed by atoms with Crippen LogP contribution in [0.4, 0.5) is 0 Å². The zero-order valence-electron chi connectivity index (χ0n) is 14.8. The summed E-state index contributed by atoms with van der Waals surface area (Å²) in [7, 11) is 0. The van der Waals surface area contributed by atoms with E-state index in [9.17, 15) is 0 Å². The molecule has 0 radical (unpaired) electrons. The Hall–Kier alpha value is -2.37. The molecule has 0 saturated heterocycles. The average molecular weight is 366 g/mol. The number of benzene rings is 2. The molecule has 2 heterocycles. The van der Waals surface area contributed by atoms with Crippen LogP contribution in [0.15, 0.2) is 60.0 Å². The molecule has 0 saturated carbocycles. The maximum atomic E-state index is 6.09. The molecule has 1 atom stereocenters. The summed E-state index contributed by atoms with van der Waals surface area (Å²) >= 11 is 1.70. The van der Waals surface area contributed by atoms with Gasteiger partial charge in [-0.15, -0.1) is 11.3 Å². The van der Waals surface area contributed by atoms with E-state index in [0.717, 1.165) is 41.8 Å². The molecule has 26 heavy (non-hydrogen) atoms. The molecule has 4 rings (SSSR count). The first-order valence-corrected chi connectivity index (χ1v) is 9.80. The highest BCUT2D eigenvalue weighted by Crippen LogP contribution is 2.31. The van der Waals surface area contributed by atoms with Gasteiger partial charge in [0.2, 0.25) is 0 Å². The van der Waals surface area contributed by atoms with Gasteiger partial charge in [-0.2, -0.15) is 0 Å². The van der Waals surface area contributed by atoms with Crippen molar-refractivity contribution >= 4 is 11.3 Å². The number of para-hydroxylation sites is 2. The van der Waals surface area contributed by atoms with Gasteiger partial charge >= 0.3 is 0 Å². The van der Waals surface area contributed by atoms with Crippen LogP contribution in [-0.2, 0) is 6.54 Å². The van der Waals surface area contributed by atoms with Crippen LogP contribution in [0.1, 0.15) is 12.6 Å². The highest BCUT2D eigenvalue weighted by Gasteiger charge is 2.23. The second kappa shape index (κ2) is 7.89. The smallest absolute Gasteiger partial charge is 0.161 e. The Bertz CT molecular complexity index is 850. The minimum Gasteiger partial charge on any atom is -0.486 e. The molecule has 1 unspecified atom stereocenters. The fraction of sp³-hybridized carbons (Fsp3) is 0.286. The van der Waals surface area contributed by atoms with Crippen molar-refractivity contribution in [3.8, 4) is 22.1 Å². The van der Waals surface area contributed by atoms with Crippen molar-refractivity contribution in [3.05, 3.63) is 65.7 Å². The van der Waals surface area contributed by atoms with Crippen molar-refractivity contribution in [2.45, 2.75) is 19.6 Å². The van der Waals surface area contributed by atoms with Gasteiger partial charge < -0.3 is 9.47 Å². The minimum absolute atomic E-state index is 0.0390. The fourth-order valence-corrected chi connectivity index (χ4v) is 3.89. The predicted octanol–water partition coefficient (Wildman–Crippen LogP) is 4.47. The lowest BCUT2D eigenvalue weighted by atomic mass is 10.2. The number of ether oxygens (including phenoxy) is 2. The van der Waals surface area contributed by atoms with E-state index in [1.165, 1.54) is 5.56 Å². The van der Waals surface area contributed by atoms with Gasteiger partial charge in [-0.1, -0.05) is 49.4 Å². The predicted molar refractivity (Wildman–Crippen MR) is 105 cm³/mol. The number of fused-ring (bicyclic) bond motifs is 1. The molecule has 5 heteroatoms. The second-order valence-corrected chi connectivity index (χ2v) is 7.19. The fourth-order valence-electron chi connectivity index (χ4n) is 3.07. The number of aromatic nitrogens is 1. The monoisotopic (exact) mass is 366 g/mol. The van der Waals surface area contributed by atoms with E-state index in [1.54, 1.807) is 11.3 Å². The van der Waals surface area contributed by atoms with Gasteiger partial charge in [0.1, 0.15) is 17.7 Å². The van der Waals surface area contributed by atoms with Crippen molar-refractivity contribution in [1.82, 2.24) is 9.88 Å². The molecule has 2 aromatic carbocycles. The van der Waals surface area contributed by atoms with Crippen LogP contribution in [0.5, 0.6) is 11.5 Å². The van der Waals surface area contributed by atoms with Crippen molar-refractivity contribution < 1.29 is 9.47 Å². The van der Waals surface area contributed by atoms with Crippen LogP contribution in [0.25, 0.3) is 10.6 Å². The summed E-state index contributed by atoms with van der Waals surface area (Å²) < 4.78 is 11.9. The summed E-state index contributed by atoms with van der Waals surface area (Å²) in [6, 6.07) is 18.2. The standard InChI is InChI=1S/C21H22N2O2S/c1-2-23(13-18-14-24-19-10-6-7-11-20(19)25-18)12-17-15-26-21(22-17)16-8-4-3-5-9-16/h3-11,15,18H,2,12-14H2,1H3. The van der Waals surface area contributed by atoms with Gasteiger partial charge in [0.25, 0.3) is 0 Å². The highest BCUT2D eigenvalue weighted by atomic mass is 32.1. The van der Waals surface area contributed by atoms with Crippen molar-refractivity contribution in [2.75, 3.05) is 19.7 Å². The zero-order chi connectivity index (χ0) is 17.8. The van der Waals surface area contributed by atoms with Crippen molar-refractivity contribution in [3.63, 3.8) is 0 Å². The molecule has 0 N–H and O–H groups in total. The third kappa shape index (κ3) is 3.89. The number of thiazole rings is 1. The van der Waals surface area contributed by atoms with Crippen LogP contribution >= 0.6 is 11.3 Å². The van der Waals surface area contributed by atoms with Gasteiger partial charge in [-0.05, 0) is 18.7 Å². The number of nitrogens with zero attached hydrogens (tertiary/aromatic N) is 2. The van der Waals surface area contributed by atoms with Crippen LogP contribution < -0.4 is 9.47 Å². The largest absolute Gasteiger partial charge is 0.486 e. The van der Waals surface area contributed by atoms with Crippen LogP contribution in [0.3, 0.4) is 0 Å². The summed E-state index contributed by atoms with van der Waals surface area (Å²) in [5.41, 5.74) is 2.28. The molecule has 1 aromatic heterocycles. The Morgan fingerprint density at radius 2 is 1.85 bits per heavy atom. The van der Waals surface area contributed by atoms with Crippen LogP contribution in [0, 0.1) is 0 Å². The van der Waals surface area contributed by atoms with Gasteiger partial charge in [-0.3, -0.25) is 4.90 Å². The maximum absolute atomic E-state index is 6.09. The molecular weight excluding hydrogens is 344 g/mol. The average Bonchev–Trinajstić information content (AvgIpc) is 3.16. The van der Waals surface area contributed by atoms with E-state index in [0.29, 0.717) is 6.61 Å². The van der Waals surface area contributed by atoms with E-state index in [1.807, 2.05) is 42.5 Å². The molecular formula is C21H22N2O2S. The molecule has 4 nitrogen and oxygen atoms in total. The number of likely N-dealkylation sites (N-methyl/N-ethyl adjacent to an activating group) is 1. The quantitative estimate of drug-likeness (QED) is 0.645. The summed E-state index contributed by atoms with van der Waals surface area (Å²) in [5.74, 6) is 1.67. The van der Waals surface area contributed by atoms with Crippen LogP contribution in [0.2, 0.25) is 0 Å². The van der Waals surface area contributed by atoms with Crippen LogP contribution in [-0.4, -0.2) is 35.7 Å². The first-order valence-electron chi connectivity index (χ1n) is 8.92. The number of hydrogen-bond acceptors (Lipinski definition) is 5. The van der Waals surface area contributed by atoms with Crippen molar-refractivity contribution in [2.24, 2.45) is 0 Å². The van der Waals surface area contributed by atoms with E-state index in [2.05, 4.69) is 29.3 Å². The number of rotatable bonds is 6. The first kappa shape index (κ1) is 17.1. The van der Waals surface area contributed by atoms with E-state index in [-0.39, 0.29) is 6.10 Å². The minimum atomic E-state index is 0.0390. The second-order valence-electron chi connectivity index (χ2n) is 6.34. The Morgan fingerprint density at radius 3 is 2.65 bits per heavy atom. The number of hydrogen-bond donors (Lipinski definition) is 0. The molecule has 1 aliphatic heterocycles. The Balaban J connectivity index is 1.39. The van der Waals surface area contributed by atoms with E-state index < -0.39 is 0 Å². The third-order valence-corrected chi connectivity index (χ3v) is 5.37. The lowest BCUT2D eigenvalue weighted by Crippen LogP contribution is -2.40. The molecule has 0 fully saturated rings. The Morgan fingerprint density at radius 1 is 1.08 bits per heavy atom. The molecule has 0 spiro atoms. The lowest BCUT2D eigenvalue weighted by Gasteiger charge is -2.30. The van der Waals surface area contributed by atoms with Gasteiger partial charge in [0.05, 0.1) is 5.69 Å². The van der Waals surface area contributed by atoms with Gasteiger partial charge in [0.15, 0.2) is 11.5 Å². The lowest BCUT2D eigenvalue weighted by molar-refractivity contribution is 0.0577. The van der Waals surface area contributed by atoms with Gasteiger partial charge in [0, 0.05) is 24.0 Å². The molecule has 134 valence electrons. The molecule has 0 bridgehead atoms. The Labute approximate surface area is 158 Å². The topological polar surface area (TPSA) is 34.6 Å². The summed E-state index contributed by atoms with van der Waals surface area (Å²) in [4.78, 5) is 7.16. The maximum Gasteiger partial charge on any atom is 0.161 e. The summed E-state index contributed by atoms with van der Waals surface area (Å²) in [5, 5.41) is 3.22. The molecule has 0 amide bonds. The van der Waals surface area contributed by atoms with Crippen molar-refractivity contribution in [1.29, 1.82) is 0 Å². The van der Waals surface area contributed by atoms with E-state index >= 15 is 0 Å². The molecule has 1 aliphatic rings. The zero-order valence-corrected chi connectivity index (χ0v) is 15.6. The molecule has 0 aliphatic carbocycles. The normalized spacial score (nSPS) is 16.0. The SMILES string of the molecule is CCN(Cc1csc(-c2ccccc2)n1)CC1COc2ccccc2O1. The summed E-state index contributed by atoms with van der Waals surface area (Å²) in [6.07, 6.45) is 0.0390. The third-order valence-electron chi connectivity index (χ3n) is 4.43. The first-order chi connectivity index (χ1) is 12.8. The molecule has 3 aromatic rings. The van der Waals surface area contributed by atoms with Gasteiger partial charge in [-0.25, -0.2) is 4.98 Å². The van der Waals surface area contributed by atoms with E-state index in [4.69, 9.17) is 14.5 Å².